The average Bonchev–Trinajstić information content (AvgIpc) is 3.03. The van der Waals surface area contributed by atoms with E-state index in [2.05, 4.69) is 33.1 Å². The van der Waals surface area contributed by atoms with Gasteiger partial charge in [0.2, 0.25) is 11.8 Å². The SMILES string of the molecule is O=C(CN1CCC(CC2=CCC=CS2)CC1)Nc1ccc2c(c1)CC(=O)N2. The van der Waals surface area contributed by atoms with Crippen LogP contribution in [0, 0.1) is 5.92 Å². The van der Waals surface area contributed by atoms with E-state index in [4.69, 9.17) is 0 Å². The van der Waals surface area contributed by atoms with Crippen molar-refractivity contribution in [1.29, 1.82) is 0 Å². The summed E-state index contributed by atoms with van der Waals surface area (Å²) in [5, 5.41) is 7.97. The molecule has 27 heavy (non-hydrogen) atoms. The minimum absolute atomic E-state index is 0.00904. The normalized spacial score (nSPS) is 20.1. The van der Waals surface area contributed by atoms with E-state index in [1.54, 1.807) is 0 Å². The number of nitrogens with zero attached hydrogens (tertiary/aromatic N) is 1. The molecule has 6 heteroatoms. The van der Waals surface area contributed by atoms with Gasteiger partial charge in [0.05, 0.1) is 13.0 Å². The number of nitrogens with one attached hydrogen (secondary N) is 2. The highest BCUT2D eigenvalue weighted by Crippen LogP contribution is 2.32. The molecule has 5 nitrogen and oxygen atoms in total. The first-order valence-corrected chi connectivity index (χ1v) is 10.5. The Balaban J connectivity index is 1.22. The van der Waals surface area contributed by atoms with E-state index in [9.17, 15) is 9.59 Å². The van der Waals surface area contributed by atoms with Crippen LogP contribution in [0.4, 0.5) is 11.4 Å². The molecule has 1 aromatic carbocycles. The molecule has 2 N–H and O–H groups in total. The number of anilines is 2. The molecule has 0 aromatic heterocycles. The number of carbonyl (C=O) groups excluding carboxylic acids is 2. The van der Waals surface area contributed by atoms with Gasteiger partial charge in [0, 0.05) is 11.4 Å². The molecule has 0 spiro atoms. The second-order valence-corrected chi connectivity index (χ2v) is 8.50. The van der Waals surface area contributed by atoms with Crippen LogP contribution in [-0.4, -0.2) is 36.3 Å². The van der Waals surface area contributed by atoms with Crippen molar-refractivity contribution in [2.75, 3.05) is 30.3 Å². The van der Waals surface area contributed by atoms with Gasteiger partial charge >= 0.3 is 0 Å². The Morgan fingerprint density at radius 1 is 1.30 bits per heavy atom. The van der Waals surface area contributed by atoms with Crippen LogP contribution in [0.1, 0.15) is 31.2 Å². The summed E-state index contributed by atoms with van der Waals surface area (Å²) < 4.78 is 0. The number of benzene rings is 1. The summed E-state index contributed by atoms with van der Waals surface area (Å²) >= 11 is 1.86. The predicted molar refractivity (Wildman–Crippen MR) is 111 cm³/mol. The fourth-order valence-corrected chi connectivity index (χ4v) is 4.82. The number of amides is 2. The van der Waals surface area contributed by atoms with Crippen LogP contribution in [-0.2, 0) is 16.0 Å². The van der Waals surface area contributed by atoms with E-state index in [1.165, 1.54) is 11.3 Å². The number of piperidine rings is 1. The second kappa shape index (κ2) is 8.31. The summed E-state index contributed by atoms with van der Waals surface area (Å²) in [6.45, 7) is 2.39. The average molecular weight is 384 g/mol. The summed E-state index contributed by atoms with van der Waals surface area (Å²) in [6, 6.07) is 5.59. The van der Waals surface area contributed by atoms with E-state index in [-0.39, 0.29) is 11.8 Å². The molecule has 4 rings (SSSR count). The Morgan fingerprint density at radius 2 is 2.15 bits per heavy atom. The Hall–Kier alpha value is -2.05. The smallest absolute Gasteiger partial charge is 0.238 e. The molecular formula is C21H25N3O2S. The summed E-state index contributed by atoms with van der Waals surface area (Å²) in [7, 11) is 0. The zero-order valence-corrected chi connectivity index (χ0v) is 16.2. The van der Waals surface area contributed by atoms with Crippen molar-refractivity contribution < 1.29 is 9.59 Å². The van der Waals surface area contributed by atoms with Crippen LogP contribution in [0.5, 0.6) is 0 Å². The van der Waals surface area contributed by atoms with E-state index in [1.807, 2.05) is 30.0 Å². The maximum atomic E-state index is 12.4. The number of carbonyl (C=O) groups is 2. The molecule has 0 radical (unpaired) electrons. The van der Waals surface area contributed by atoms with Gasteiger partial charge in [-0.3, -0.25) is 14.5 Å². The molecule has 1 aromatic rings. The predicted octanol–water partition coefficient (Wildman–Crippen LogP) is 3.76. The first-order valence-electron chi connectivity index (χ1n) is 9.61. The molecular weight excluding hydrogens is 358 g/mol. The molecule has 0 unspecified atom stereocenters. The molecule has 3 aliphatic rings. The van der Waals surface area contributed by atoms with Gasteiger partial charge in [-0.05, 0) is 78.8 Å². The zero-order valence-electron chi connectivity index (χ0n) is 15.4. The Kier molecular flexibility index (Phi) is 5.64. The standard InChI is InChI=1S/C21H25N3O2S/c25-20-13-16-12-17(4-5-19(16)23-20)22-21(26)14-24-8-6-15(7-9-24)11-18-3-1-2-10-27-18/h2-5,10,12,15H,1,6-9,11,13-14H2,(H,22,26)(H,23,25). The van der Waals surface area contributed by atoms with E-state index >= 15 is 0 Å². The largest absolute Gasteiger partial charge is 0.326 e. The highest BCUT2D eigenvalue weighted by Gasteiger charge is 2.22. The molecule has 1 saturated heterocycles. The quantitative estimate of drug-likeness (QED) is 0.813. The molecule has 0 bridgehead atoms. The first kappa shape index (κ1) is 18.3. The zero-order chi connectivity index (χ0) is 18.6. The van der Waals surface area contributed by atoms with Crippen LogP contribution in [0.25, 0.3) is 0 Å². The molecule has 142 valence electrons. The van der Waals surface area contributed by atoms with Crippen molar-refractivity contribution in [3.05, 3.63) is 46.2 Å². The van der Waals surface area contributed by atoms with Crippen molar-refractivity contribution in [2.24, 2.45) is 5.92 Å². The number of rotatable bonds is 5. The van der Waals surface area contributed by atoms with E-state index < -0.39 is 0 Å². The second-order valence-electron chi connectivity index (χ2n) is 7.46. The first-order chi connectivity index (χ1) is 13.2. The Bertz CT molecular complexity index is 795. The highest BCUT2D eigenvalue weighted by molar-refractivity contribution is 8.05. The Labute approximate surface area is 164 Å². The van der Waals surface area contributed by atoms with Gasteiger partial charge < -0.3 is 10.6 Å². The third-order valence-corrected chi connectivity index (χ3v) is 6.34. The van der Waals surface area contributed by atoms with Crippen LogP contribution >= 0.6 is 11.8 Å². The van der Waals surface area contributed by atoms with Gasteiger partial charge in [0.25, 0.3) is 0 Å². The van der Waals surface area contributed by atoms with Gasteiger partial charge in [-0.1, -0.05) is 12.2 Å². The van der Waals surface area contributed by atoms with Crippen molar-refractivity contribution in [2.45, 2.75) is 32.1 Å². The van der Waals surface area contributed by atoms with E-state index in [0.29, 0.717) is 13.0 Å². The van der Waals surface area contributed by atoms with E-state index in [0.717, 1.165) is 55.2 Å². The summed E-state index contributed by atoms with van der Waals surface area (Å²) in [6.07, 6.45) is 9.47. The maximum Gasteiger partial charge on any atom is 0.238 e. The minimum atomic E-state index is 0.00904. The number of allylic oxidation sites excluding steroid dienone is 3. The third-order valence-electron chi connectivity index (χ3n) is 5.38. The highest BCUT2D eigenvalue weighted by atomic mass is 32.2. The van der Waals surface area contributed by atoms with Crippen LogP contribution in [0.15, 0.2) is 40.7 Å². The monoisotopic (exact) mass is 383 g/mol. The topological polar surface area (TPSA) is 61.4 Å². The molecule has 0 atom stereocenters. The summed E-state index contributed by atoms with van der Waals surface area (Å²) in [4.78, 5) is 27.6. The van der Waals surface area contributed by atoms with Gasteiger partial charge in [0.15, 0.2) is 0 Å². The van der Waals surface area contributed by atoms with Gasteiger partial charge in [0.1, 0.15) is 0 Å². The molecule has 1 fully saturated rings. The fraction of sp³-hybridized carbons (Fsp3) is 0.429. The van der Waals surface area contributed by atoms with Crippen LogP contribution in [0.2, 0.25) is 0 Å². The minimum Gasteiger partial charge on any atom is -0.326 e. The van der Waals surface area contributed by atoms with Crippen molar-refractivity contribution >= 4 is 35.0 Å². The maximum absolute atomic E-state index is 12.4. The fourth-order valence-electron chi connectivity index (χ4n) is 3.91. The van der Waals surface area contributed by atoms with Crippen LogP contribution < -0.4 is 10.6 Å². The van der Waals surface area contributed by atoms with Gasteiger partial charge in [-0.2, -0.15) is 0 Å². The van der Waals surface area contributed by atoms with Crippen molar-refractivity contribution in [3.8, 4) is 0 Å². The number of hydrogen-bond donors (Lipinski definition) is 2. The summed E-state index contributed by atoms with van der Waals surface area (Å²) in [5.74, 6) is 0.757. The number of thioether (sulfide) groups is 1. The lowest BCUT2D eigenvalue weighted by Crippen LogP contribution is -2.39. The molecule has 3 aliphatic heterocycles. The lowest BCUT2D eigenvalue weighted by Gasteiger charge is -2.32. The van der Waals surface area contributed by atoms with Crippen LogP contribution in [0.3, 0.4) is 0 Å². The number of hydrogen-bond acceptors (Lipinski definition) is 4. The number of likely N-dealkylation sites (tertiary alicyclic amines) is 1. The van der Waals surface area contributed by atoms with Crippen molar-refractivity contribution in [1.82, 2.24) is 4.90 Å². The molecule has 3 heterocycles. The van der Waals surface area contributed by atoms with Gasteiger partial charge in [-0.25, -0.2) is 0 Å². The molecule has 2 amide bonds. The molecule has 0 saturated carbocycles. The molecule has 0 aliphatic carbocycles. The Morgan fingerprint density at radius 3 is 2.93 bits per heavy atom. The lowest BCUT2D eigenvalue weighted by atomic mass is 9.93. The third kappa shape index (κ3) is 4.82. The number of fused-ring (bicyclic) bond motifs is 1. The summed E-state index contributed by atoms with van der Waals surface area (Å²) in [5.41, 5.74) is 2.56. The lowest BCUT2D eigenvalue weighted by molar-refractivity contribution is -0.117. The van der Waals surface area contributed by atoms with Crippen molar-refractivity contribution in [3.63, 3.8) is 0 Å². The van der Waals surface area contributed by atoms with Gasteiger partial charge in [-0.15, -0.1) is 11.8 Å².